The number of rotatable bonds is 5. The monoisotopic (exact) mass is 618 g/mol. The maximum Gasteiger partial charge on any atom is 0.335 e. The number of nitrogens with one attached hydrogen (secondary N) is 1. The molecule has 2 heterocycles. The number of phenolic OH excluding ortho intramolecular Hbond substituents is 1. The van der Waals surface area contributed by atoms with Gasteiger partial charge in [0.2, 0.25) is 5.91 Å². The van der Waals surface area contributed by atoms with Crippen LogP contribution in [0.1, 0.15) is 37.3 Å². The van der Waals surface area contributed by atoms with Crippen molar-refractivity contribution in [3.8, 4) is 17.2 Å². The van der Waals surface area contributed by atoms with E-state index in [-0.39, 0.29) is 34.4 Å². The number of hydrogen-bond acceptors (Lipinski definition) is 10. The van der Waals surface area contributed by atoms with E-state index in [0.717, 1.165) is 37.3 Å². The predicted molar refractivity (Wildman–Crippen MR) is 155 cm³/mol. The van der Waals surface area contributed by atoms with Crippen molar-refractivity contribution in [1.29, 1.82) is 0 Å². The van der Waals surface area contributed by atoms with Crippen LogP contribution in [0.4, 0.5) is 5.69 Å². The number of ketones is 1. The number of piperidine rings is 1. The number of phenols is 1. The Hall–Kier alpha value is -4.24. The molecular formula is C30H38N2O12. The summed E-state index contributed by atoms with van der Waals surface area (Å²) in [5, 5.41) is 44.0. The summed E-state index contributed by atoms with van der Waals surface area (Å²) in [7, 11) is 3.91. The summed E-state index contributed by atoms with van der Waals surface area (Å²) in [4.78, 5) is 45.2. The highest BCUT2D eigenvalue weighted by Gasteiger charge is 2.65. The number of methoxy groups -OCH3 is 1. The molecule has 8 N–H and O–H groups in total. The number of Topliss-reactive ketones (excluding diaryl/α,β-unsaturated/α-hetero) is 1. The predicted octanol–water partition coefficient (Wildman–Crippen LogP) is 0.337. The highest BCUT2D eigenvalue weighted by molar-refractivity contribution is 5.89. The van der Waals surface area contributed by atoms with E-state index in [9.17, 15) is 19.2 Å². The van der Waals surface area contributed by atoms with Crippen molar-refractivity contribution >= 4 is 29.3 Å². The molecule has 0 aromatic heterocycles. The summed E-state index contributed by atoms with van der Waals surface area (Å²) >= 11 is 0. The molecule has 2 bridgehead atoms. The average Bonchev–Trinajstić information content (AvgIpc) is 3.32. The zero-order valence-corrected chi connectivity index (χ0v) is 24.5. The second-order valence-corrected chi connectivity index (χ2v) is 11.1. The number of likely N-dealkylation sites (tertiary alicyclic amines) is 1. The van der Waals surface area contributed by atoms with Gasteiger partial charge in [-0.25, -0.2) is 9.59 Å². The maximum atomic E-state index is 12.6. The summed E-state index contributed by atoms with van der Waals surface area (Å²) < 4.78 is 11.8. The van der Waals surface area contributed by atoms with Crippen LogP contribution < -0.4 is 14.8 Å². The van der Waals surface area contributed by atoms with Crippen LogP contribution in [0.2, 0.25) is 0 Å². The Balaban J connectivity index is 0.000000205. The van der Waals surface area contributed by atoms with Crippen molar-refractivity contribution in [3.05, 3.63) is 47.5 Å². The molecular weight excluding hydrogens is 580 g/mol. The number of carboxylic acid groups (broad SMARTS) is 2. The van der Waals surface area contributed by atoms with Gasteiger partial charge in [-0.05, 0) is 74.7 Å². The number of carboxylic acids is 2. The first kappa shape index (κ1) is 34.3. The molecule has 6 atom stereocenters. The summed E-state index contributed by atoms with van der Waals surface area (Å²) in [6.07, 6.45) is -1.06. The topological polar surface area (TPSA) is 235 Å². The van der Waals surface area contributed by atoms with Gasteiger partial charge < -0.3 is 50.7 Å². The normalized spacial score (nSPS) is 25.1. The van der Waals surface area contributed by atoms with Crippen molar-refractivity contribution in [2.45, 2.75) is 62.4 Å². The van der Waals surface area contributed by atoms with Crippen LogP contribution in [0.5, 0.6) is 17.2 Å². The van der Waals surface area contributed by atoms with Gasteiger partial charge in [0, 0.05) is 36.1 Å². The third-order valence-electron chi connectivity index (χ3n) is 8.58. The zero-order chi connectivity index (χ0) is 31.6. The summed E-state index contributed by atoms with van der Waals surface area (Å²) in [5.41, 5.74) is 3.26. The lowest BCUT2D eigenvalue weighted by molar-refractivity contribution is -0.165. The number of nitrogens with zero attached hydrogens (tertiary/aromatic N) is 1. The van der Waals surface area contributed by atoms with Gasteiger partial charge in [0.1, 0.15) is 5.75 Å². The van der Waals surface area contributed by atoms with Crippen molar-refractivity contribution in [3.63, 3.8) is 0 Å². The van der Waals surface area contributed by atoms with Gasteiger partial charge in [-0.15, -0.1) is 0 Å². The number of hydrogen-bond donors (Lipinski definition) is 6. The fourth-order valence-electron chi connectivity index (χ4n) is 6.69. The molecule has 240 valence electrons. The van der Waals surface area contributed by atoms with Gasteiger partial charge >= 0.3 is 11.9 Å². The average molecular weight is 619 g/mol. The van der Waals surface area contributed by atoms with Gasteiger partial charge in [0.15, 0.2) is 35.6 Å². The molecule has 1 saturated carbocycles. The number of aromatic hydroxyl groups is 1. The fourth-order valence-corrected chi connectivity index (χ4v) is 6.69. The lowest BCUT2D eigenvalue weighted by Crippen LogP contribution is -2.65. The van der Waals surface area contributed by atoms with Gasteiger partial charge in [-0.2, -0.15) is 0 Å². The Kier molecular flexibility index (Phi) is 10.6. The van der Waals surface area contributed by atoms with E-state index in [2.05, 4.69) is 23.3 Å². The number of benzene rings is 2. The Bertz CT molecular complexity index is 1380. The first-order chi connectivity index (χ1) is 20.3. The second kappa shape index (κ2) is 13.6. The Morgan fingerprint density at radius 3 is 2.23 bits per heavy atom. The molecule has 44 heavy (non-hydrogen) atoms. The minimum atomic E-state index is -2.27. The molecule has 1 saturated heterocycles. The zero-order valence-electron chi connectivity index (χ0n) is 24.5. The van der Waals surface area contributed by atoms with Crippen LogP contribution in [-0.4, -0.2) is 105 Å². The molecule has 0 radical (unpaired) electrons. The summed E-state index contributed by atoms with van der Waals surface area (Å²) in [5.74, 6) is -1.00. The molecule has 0 unspecified atom stereocenters. The molecule has 2 aliphatic carbocycles. The van der Waals surface area contributed by atoms with E-state index in [1.54, 1.807) is 19.2 Å². The van der Waals surface area contributed by atoms with Crippen LogP contribution in [0.25, 0.3) is 0 Å². The third-order valence-corrected chi connectivity index (χ3v) is 8.58. The SMILES string of the molecule is CC(=O)Nc1ccc(O)cc1.COc1ccc2c3c1O[C@H]1C(=O)CC[C@H]4[C@@H](C2)N(C)CC[C@]314.O.O=C(O)[C@H](O)[C@@H](O)C(=O)O. The highest BCUT2D eigenvalue weighted by atomic mass is 16.5. The van der Waals surface area contributed by atoms with Gasteiger partial charge in [0.05, 0.1) is 7.11 Å². The van der Waals surface area contributed by atoms with Crippen LogP contribution in [0.15, 0.2) is 36.4 Å². The van der Waals surface area contributed by atoms with E-state index in [1.807, 2.05) is 6.07 Å². The number of amides is 1. The smallest absolute Gasteiger partial charge is 0.335 e. The summed E-state index contributed by atoms with van der Waals surface area (Å²) in [6.45, 7) is 2.48. The molecule has 1 amide bonds. The molecule has 14 nitrogen and oxygen atoms in total. The van der Waals surface area contributed by atoms with Gasteiger partial charge in [0.25, 0.3) is 0 Å². The molecule has 2 aromatic rings. The fraction of sp³-hybridized carbons (Fsp3) is 0.467. The largest absolute Gasteiger partial charge is 0.508 e. The lowest BCUT2D eigenvalue weighted by Gasteiger charge is -2.57. The first-order valence-electron chi connectivity index (χ1n) is 13.8. The minimum Gasteiger partial charge on any atom is -0.508 e. The number of likely N-dealkylation sites (N-methyl/N-ethyl adjacent to an activating group) is 1. The van der Waals surface area contributed by atoms with E-state index < -0.39 is 24.1 Å². The molecule has 2 aliphatic heterocycles. The van der Waals surface area contributed by atoms with Crippen molar-refractivity contribution in [2.75, 3.05) is 26.0 Å². The van der Waals surface area contributed by atoms with Crippen LogP contribution >= 0.6 is 0 Å². The summed E-state index contributed by atoms with van der Waals surface area (Å²) in [6, 6.07) is 11.0. The molecule has 14 heteroatoms. The van der Waals surface area contributed by atoms with E-state index in [0.29, 0.717) is 24.1 Å². The molecule has 2 fully saturated rings. The van der Waals surface area contributed by atoms with Gasteiger partial charge in [-0.1, -0.05) is 6.07 Å². The maximum absolute atomic E-state index is 12.6. The van der Waals surface area contributed by atoms with Crippen LogP contribution in [0.3, 0.4) is 0 Å². The number of aliphatic hydroxyl groups excluding tert-OH is 2. The Morgan fingerprint density at radius 1 is 1.07 bits per heavy atom. The number of anilines is 1. The Labute approximate surface area is 253 Å². The van der Waals surface area contributed by atoms with E-state index in [1.165, 1.54) is 30.2 Å². The number of aliphatic hydroxyl groups is 2. The van der Waals surface area contributed by atoms with E-state index >= 15 is 0 Å². The lowest BCUT2D eigenvalue weighted by atomic mass is 9.52. The highest BCUT2D eigenvalue weighted by Crippen LogP contribution is 2.63. The number of carbonyl (C=O) groups is 4. The van der Waals surface area contributed by atoms with Crippen LogP contribution in [0, 0.1) is 5.92 Å². The van der Waals surface area contributed by atoms with Gasteiger partial charge in [-0.3, -0.25) is 9.59 Å². The third kappa shape index (κ3) is 6.33. The molecule has 6 rings (SSSR count). The molecule has 1 spiro atoms. The number of aliphatic carboxylic acids is 2. The first-order valence-corrected chi connectivity index (χ1v) is 13.8. The van der Waals surface area contributed by atoms with E-state index in [4.69, 9.17) is 35.0 Å². The molecule has 2 aromatic carbocycles. The number of ether oxygens (including phenoxy) is 2. The quantitative estimate of drug-likeness (QED) is 0.249. The second-order valence-electron chi connectivity index (χ2n) is 11.1. The number of carbonyl (C=O) groups excluding carboxylic acids is 2. The standard InChI is InChI=1S/C18H21NO3.C8H9NO2.C4H6O6.H2O/c1-19-8-7-18-11-4-5-13(20)17(18)22-16-14(21-2)6-3-10(15(16)18)9-12(11)19;1-6(10)9-7-2-4-8(11)5-3-7;5-1(3(7)8)2(6)4(9)10;/h3,6,11-12,17H,4-5,7-9H2,1-2H3;2-5,11H,1H3,(H,9,10);1-2,5-6H,(H,7,8)(H,9,10);1H2/t11-,12+,17-,18-;;1-,2-;/m0.1./s1. The minimum absolute atomic E-state index is 0. The van der Waals surface area contributed by atoms with Crippen LogP contribution in [-0.2, 0) is 31.0 Å². The van der Waals surface area contributed by atoms with Crippen molar-refractivity contribution < 1.29 is 59.7 Å². The van der Waals surface area contributed by atoms with Crippen molar-refractivity contribution in [1.82, 2.24) is 4.90 Å². The molecule has 4 aliphatic rings. The Morgan fingerprint density at radius 2 is 1.68 bits per heavy atom. The van der Waals surface area contributed by atoms with Crippen molar-refractivity contribution in [2.24, 2.45) is 5.92 Å².